The Morgan fingerprint density at radius 2 is 2.00 bits per heavy atom. The Morgan fingerprint density at radius 1 is 1.31 bits per heavy atom. The number of benzene rings is 1. The summed E-state index contributed by atoms with van der Waals surface area (Å²) in [4.78, 5) is 0. The SMILES string of the molecule is C=C(CNC1CC1)c1ccccc1. The van der Waals surface area contributed by atoms with Gasteiger partial charge in [-0.05, 0) is 24.0 Å². The summed E-state index contributed by atoms with van der Waals surface area (Å²) in [6.45, 7) is 4.99. The van der Waals surface area contributed by atoms with Crippen molar-refractivity contribution in [1.29, 1.82) is 0 Å². The smallest absolute Gasteiger partial charge is 0.0208 e. The minimum absolute atomic E-state index is 0.764. The Balaban J connectivity index is 1.89. The average Bonchev–Trinajstić information content (AvgIpc) is 2.99. The lowest BCUT2D eigenvalue weighted by molar-refractivity contribution is 0.761. The molecule has 0 bridgehead atoms. The highest BCUT2D eigenvalue weighted by molar-refractivity contribution is 5.64. The molecular formula is C12H15N. The van der Waals surface area contributed by atoms with Crippen LogP contribution in [0, 0.1) is 0 Å². The van der Waals surface area contributed by atoms with Gasteiger partial charge in [-0.2, -0.15) is 0 Å². The first kappa shape index (κ1) is 8.52. The molecule has 1 aliphatic carbocycles. The van der Waals surface area contributed by atoms with Gasteiger partial charge < -0.3 is 5.32 Å². The molecule has 1 heteroatoms. The Bertz CT molecular complexity index is 285. The van der Waals surface area contributed by atoms with Gasteiger partial charge in [0.1, 0.15) is 0 Å². The Morgan fingerprint density at radius 3 is 2.62 bits per heavy atom. The zero-order chi connectivity index (χ0) is 9.10. The molecule has 1 fully saturated rings. The predicted molar refractivity (Wildman–Crippen MR) is 56.5 cm³/mol. The van der Waals surface area contributed by atoms with E-state index in [2.05, 4.69) is 36.2 Å². The summed E-state index contributed by atoms with van der Waals surface area (Å²) in [5.41, 5.74) is 2.43. The summed E-state index contributed by atoms with van der Waals surface area (Å²) in [6, 6.07) is 11.1. The quantitative estimate of drug-likeness (QED) is 0.737. The normalized spacial score (nSPS) is 15.7. The summed E-state index contributed by atoms with van der Waals surface area (Å²) >= 11 is 0. The largest absolute Gasteiger partial charge is 0.310 e. The van der Waals surface area contributed by atoms with E-state index in [1.165, 1.54) is 24.0 Å². The van der Waals surface area contributed by atoms with E-state index in [1.807, 2.05) is 6.07 Å². The highest BCUT2D eigenvalue weighted by atomic mass is 14.9. The fraction of sp³-hybridized carbons (Fsp3) is 0.333. The molecule has 0 heterocycles. The van der Waals surface area contributed by atoms with Gasteiger partial charge in [0.05, 0.1) is 0 Å². The van der Waals surface area contributed by atoms with E-state index < -0.39 is 0 Å². The van der Waals surface area contributed by atoms with Crippen molar-refractivity contribution in [2.75, 3.05) is 6.54 Å². The first-order valence-corrected chi connectivity index (χ1v) is 4.83. The van der Waals surface area contributed by atoms with Crippen LogP contribution >= 0.6 is 0 Å². The second-order valence-corrected chi connectivity index (χ2v) is 3.62. The van der Waals surface area contributed by atoms with Gasteiger partial charge in [-0.1, -0.05) is 36.9 Å². The number of hydrogen-bond donors (Lipinski definition) is 1. The molecule has 13 heavy (non-hydrogen) atoms. The number of hydrogen-bond acceptors (Lipinski definition) is 1. The highest BCUT2D eigenvalue weighted by Gasteiger charge is 2.20. The molecule has 0 aromatic heterocycles. The molecule has 0 amide bonds. The van der Waals surface area contributed by atoms with E-state index in [0.29, 0.717) is 0 Å². The predicted octanol–water partition coefficient (Wildman–Crippen LogP) is 2.45. The fourth-order valence-electron chi connectivity index (χ4n) is 1.33. The summed E-state index contributed by atoms with van der Waals surface area (Å²) in [7, 11) is 0. The summed E-state index contributed by atoms with van der Waals surface area (Å²) < 4.78 is 0. The van der Waals surface area contributed by atoms with Crippen LogP contribution in [0.5, 0.6) is 0 Å². The third kappa shape index (κ3) is 2.43. The second kappa shape index (κ2) is 3.75. The molecule has 0 aliphatic heterocycles. The van der Waals surface area contributed by atoms with E-state index in [-0.39, 0.29) is 0 Å². The maximum Gasteiger partial charge on any atom is 0.0208 e. The number of rotatable bonds is 4. The monoisotopic (exact) mass is 173 g/mol. The van der Waals surface area contributed by atoms with Gasteiger partial charge in [0.2, 0.25) is 0 Å². The first-order valence-electron chi connectivity index (χ1n) is 4.83. The van der Waals surface area contributed by atoms with Crippen LogP contribution in [0.2, 0.25) is 0 Å². The lowest BCUT2D eigenvalue weighted by Crippen LogP contribution is -2.18. The molecule has 1 N–H and O–H groups in total. The standard InChI is InChI=1S/C12H15N/c1-10(9-13-12-7-8-12)11-5-3-2-4-6-11/h2-6,12-13H,1,7-9H2. The van der Waals surface area contributed by atoms with Crippen LogP contribution in [0.15, 0.2) is 36.9 Å². The molecule has 1 saturated carbocycles. The second-order valence-electron chi connectivity index (χ2n) is 3.62. The maximum atomic E-state index is 4.06. The summed E-state index contributed by atoms with van der Waals surface area (Å²) in [5, 5.41) is 3.46. The van der Waals surface area contributed by atoms with Gasteiger partial charge >= 0.3 is 0 Å². The van der Waals surface area contributed by atoms with E-state index in [0.717, 1.165) is 12.6 Å². The van der Waals surface area contributed by atoms with Gasteiger partial charge in [-0.15, -0.1) is 0 Å². The average molecular weight is 173 g/mol. The van der Waals surface area contributed by atoms with Crippen LogP contribution in [0.25, 0.3) is 5.57 Å². The third-order valence-corrected chi connectivity index (χ3v) is 2.36. The van der Waals surface area contributed by atoms with E-state index in [1.54, 1.807) is 0 Å². The molecule has 68 valence electrons. The van der Waals surface area contributed by atoms with Gasteiger partial charge in [0.25, 0.3) is 0 Å². The minimum Gasteiger partial charge on any atom is -0.310 e. The summed E-state index contributed by atoms with van der Waals surface area (Å²) in [6.07, 6.45) is 2.67. The fourth-order valence-corrected chi connectivity index (χ4v) is 1.33. The Hall–Kier alpha value is -1.08. The van der Waals surface area contributed by atoms with Crippen molar-refractivity contribution in [2.45, 2.75) is 18.9 Å². The van der Waals surface area contributed by atoms with Gasteiger partial charge in [0.15, 0.2) is 0 Å². The first-order chi connectivity index (χ1) is 6.36. The lowest BCUT2D eigenvalue weighted by Gasteiger charge is -2.06. The van der Waals surface area contributed by atoms with Crippen molar-refractivity contribution in [3.05, 3.63) is 42.5 Å². The zero-order valence-electron chi connectivity index (χ0n) is 7.79. The van der Waals surface area contributed by atoms with Gasteiger partial charge in [-0.25, -0.2) is 0 Å². The van der Waals surface area contributed by atoms with E-state index in [4.69, 9.17) is 0 Å². The van der Waals surface area contributed by atoms with Crippen molar-refractivity contribution in [1.82, 2.24) is 5.32 Å². The van der Waals surface area contributed by atoms with Crippen molar-refractivity contribution < 1.29 is 0 Å². The topological polar surface area (TPSA) is 12.0 Å². The van der Waals surface area contributed by atoms with Crippen LogP contribution in [-0.4, -0.2) is 12.6 Å². The van der Waals surface area contributed by atoms with Gasteiger partial charge in [-0.3, -0.25) is 0 Å². The molecule has 1 nitrogen and oxygen atoms in total. The molecule has 0 spiro atoms. The molecule has 1 aromatic carbocycles. The van der Waals surface area contributed by atoms with Crippen LogP contribution < -0.4 is 5.32 Å². The van der Waals surface area contributed by atoms with Crippen LogP contribution in [0.4, 0.5) is 0 Å². The maximum absolute atomic E-state index is 4.06. The van der Waals surface area contributed by atoms with E-state index >= 15 is 0 Å². The van der Waals surface area contributed by atoms with Crippen LogP contribution in [0.3, 0.4) is 0 Å². The molecular weight excluding hydrogens is 158 g/mol. The van der Waals surface area contributed by atoms with Crippen LogP contribution in [0.1, 0.15) is 18.4 Å². The third-order valence-electron chi connectivity index (χ3n) is 2.36. The van der Waals surface area contributed by atoms with Crippen molar-refractivity contribution >= 4 is 5.57 Å². The van der Waals surface area contributed by atoms with Crippen molar-refractivity contribution in [3.63, 3.8) is 0 Å². The minimum atomic E-state index is 0.764. The highest BCUT2D eigenvalue weighted by Crippen LogP contribution is 2.20. The summed E-state index contributed by atoms with van der Waals surface area (Å²) in [5.74, 6) is 0. The van der Waals surface area contributed by atoms with Crippen molar-refractivity contribution in [2.24, 2.45) is 0 Å². The molecule has 1 aliphatic rings. The van der Waals surface area contributed by atoms with Crippen LogP contribution in [-0.2, 0) is 0 Å². The zero-order valence-corrected chi connectivity index (χ0v) is 7.79. The Kier molecular flexibility index (Phi) is 2.46. The molecule has 0 saturated heterocycles. The number of nitrogens with one attached hydrogen (secondary N) is 1. The Labute approximate surface area is 79.5 Å². The molecule has 2 rings (SSSR count). The molecule has 0 atom stereocenters. The molecule has 1 aromatic rings. The lowest BCUT2D eigenvalue weighted by atomic mass is 10.1. The molecule has 0 unspecified atom stereocenters. The van der Waals surface area contributed by atoms with Gasteiger partial charge in [0, 0.05) is 12.6 Å². The molecule has 0 radical (unpaired) electrons. The van der Waals surface area contributed by atoms with E-state index in [9.17, 15) is 0 Å². The van der Waals surface area contributed by atoms with Crippen molar-refractivity contribution in [3.8, 4) is 0 Å².